The molecule has 0 aromatic carbocycles. The van der Waals surface area contributed by atoms with Gasteiger partial charge in [-0.3, -0.25) is 0 Å². The number of unbranched alkanes of at least 4 members (excludes halogenated alkanes) is 5. The minimum atomic E-state index is -1.68. The first kappa shape index (κ1) is 26.8. The van der Waals surface area contributed by atoms with Gasteiger partial charge in [0.1, 0.15) is 48.8 Å². The predicted molar refractivity (Wildman–Crippen MR) is 106 cm³/mol. The molecule has 0 amide bonds. The average Bonchev–Trinajstić information content (AvgIpc) is 2.77. The lowest BCUT2D eigenvalue weighted by molar-refractivity contribution is -0.367. The van der Waals surface area contributed by atoms with Crippen molar-refractivity contribution in [3.63, 3.8) is 0 Å². The van der Waals surface area contributed by atoms with Crippen LogP contribution >= 0.6 is 0 Å². The molecule has 0 radical (unpaired) electrons. The molecule has 2 fully saturated rings. The monoisotopic (exact) mass is 454 g/mol. The SMILES string of the molecule is CCCCCCCCOC1O[C@H](CO)[C@@H](O)[C@H](O)[C@H]1OC1O[C@H](CO)[C@@H](O)[C@H](O)[C@H]1O. The Bertz CT molecular complexity index is 494. The van der Waals surface area contributed by atoms with Crippen molar-refractivity contribution in [2.75, 3.05) is 19.8 Å². The van der Waals surface area contributed by atoms with Gasteiger partial charge in [0.2, 0.25) is 0 Å². The summed E-state index contributed by atoms with van der Waals surface area (Å²) in [6.07, 6.45) is -8.07. The number of aliphatic hydroxyl groups excluding tert-OH is 7. The van der Waals surface area contributed by atoms with Crippen molar-refractivity contribution in [2.24, 2.45) is 0 Å². The van der Waals surface area contributed by atoms with Crippen LogP contribution in [0.15, 0.2) is 0 Å². The van der Waals surface area contributed by atoms with Gasteiger partial charge >= 0.3 is 0 Å². The van der Waals surface area contributed by atoms with Crippen LogP contribution in [0.2, 0.25) is 0 Å². The van der Waals surface area contributed by atoms with E-state index in [2.05, 4.69) is 6.92 Å². The third kappa shape index (κ3) is 7.02. The van der Waals surface area contributed by atoms with Crippen LogP contribution in [0.5, 0.6) is 0 Å². The maximum Gasteiger partial charge on any atom is 0.187 e. The first-order valence-electron chi connectivity index (χ1n) is 11.1. The molecule has 11 nitrogen and oxygen atoms in total. The van der Waals surface area contributed by atoms with E-state index < -0.39 is 74.6 Å². The maximum atomic E-state index is 10.5. The Morgan fingerprint density at radius 2 is 1.19 bits per heavy atom. The summed E-state index contributed by atoms with van der Waals surface area (Å²) in [6, 6.07) is 0. The zero-order chi connectivity index (χ0) is 23.0. The Morgan fingerprint density at radius 1 is 0.645 bits per heavy atom. The van der Waals surface area contributed by atoms with Crippen molar-refractivity contribution in [3.05, 3.63) is 0 Å². The summed E-state index contributed by atoms with van der Waals surface area (Å²) >= 11 is 0. The van der Waals surface area contributed by atoms with Gasteiger partial charge in [-0.25, -0.2) is 0 Å². The van der Waals surface area contributed by atoms with E-state index in [0.29, 0.717) is 0 Å². The lowest BCUT2D eigenvalue weighted by atomic mass is 9.97. The second kappa shape index (κ2) is 13.3. The van der Waals surface area contributed by atoms with Gasteiger partial charge < -0.3 is 54.7 Å². The van der Waals surface area contributed by atoms with Crippen molar-refractivity contribution in [2.45, 2.75) is 107 Å². The van der Waals surface area contributed by atoms with E-state index in [-0.39, 0.29) is 6.61 Å². The van der Waals surface area contributed by atoms with Crippen LogP contribution in [-0.2, 0) is 18.9 Å². The van der Waals surface area contributed by atoms with E-state index in [1.54, 1.807) is 0 Å². The normalized spacial score (nSPS) is 41.4. The molecule has 0 aromatic rings. The Kier molecular flexibility index (Phi) is 11.5. The lowest BCUT2D eigenvalue weighted by Crippen LogP contribution is -2.64. The van der Waals surface area contributed by atoms with Gasteiger partial charge in [-0.1, -0.05) is 39.0 Å². The fourth-order valence-electron chi connectivity index (χ4n) is 3.75. The second-order valence-electron chi connectivity index (χ2n) is 8.14. The number of ether oxygens (including phenoxy) is 4. The van der Waals surface area contributed by atoms with Gasteiger partial charge in [-0.2, -0.15) is 0 Å². The second-order valence-corrected chi connectivity index (χ2v) is 8.14. The number of rotatable bonds is 12. The van der Waals surface area contributed by atoms with Gasteiger partial charge in [0.15, 0.2) is 12.6 Å². The van der Waals surface area contributed by atoms with Crippen molar-refractivity contribution in [1.82, 2.24) is 0 Å². The first-order chi connectivity index (χ1) is 14.8. The van der Waals surface area contributed by atoms with E-state index in [4.69, 9.17) is 18.9 Å². The average molecular weight is 455 g/mol. The highest BCUT2D eigenvalue weighted by Crippen LogP contribution is 2.29. The molecule has 184 valence electrons. The molecule has 2 unspecified atom stereocenters. The minimum absolute atomic E-state index is 0.284. The summed E-state index contributed by atoms with van der Waals surface area (Å²) in [4.78, 5) is 0. The van der Waals surface area contributed by atoms with Crippen molar-refractivity contribution >= 4 is 0 Å². The summed E-state index contributed by atoms with van der Waals surface area (Å²) in [5.74, 6) is 0. The molecule has 0 saturated carbocycles. The fourth-order valence-corrected chi connectivity index (χ4v) is 3.75. The van der Waals surface area contributed by atoms with Crippen molar-refractivity contribution in [1.29, 1.82) is 0 Å². The summed E-state index contributed by atoms with van der Waals surface area (Å²) in [7, 11) is 0. The van der Waals surface area contributed by atoms with E-state index in [1.807, 2.05) is 0 Å². The number of hydrogen-bond acceptors (Lipinski definition) is 11. The molecule has 7 N–H and O–H groups in total. The van der Waals surface area contributed by atoms with Gasteiger partial charge in [-0.15, -0.1) is 0 Å². The summed E-state index contributed by atoms with van der Waals surface area (Å²) in [5.41, 5.74) is 0. The molecular weight excluding hydrogens is 416 g/mol. The molecule has 2 saturated heterocycles. The van der Waals surface area contributed by atoms with Crippen LogP contribution in [0.25, 0.3) is 0 Å². The highest BCUT2D eigenvalue weighted by molar-refractivity contribution is 4.93. The molecule has 11 heteroatoms. The van der Waals surface area contributed by atoms with Crippen LogP contribution in [-0.4, -0.2) is 117 Å². The van der Waals surface area contributed by atoms with Gasteiger partial charge in [0, 0.05) is 6.61 Å². The summed E-state index contributed by atoms with van der Waals surface area (Å²) in [5, 5.41) is 69.5. The molecule has 0 aliphatic carbocycles. The minimum Gasteiger partial charge on any atom is -0.394 e. The van der Waals surface area contributed by atoms with Crippen LogP contribution in [0.4, 0.5) is 0 Å². The van der Waals surface area contributed by atoms with Crippen LogP contribution in [0, 0.1) is 0 Å². The Labute approximate surface area is 182 Å². The Morgan fingerprint density at radius 3 is 1.81 bits per heavy atom. The molecule has 0 bridgehead atoms. The standard InChI is InChI=1S/C20H38O11/c1-2-3-4-5-6-7-8-28-20-18(16(26)14(24)12(10-22)30-20)31-19-17(27)15(25)13(23)11(9-21)29-19/h11-27H,2-10H2,1H3/t11-,12-,13-,14-,15+,16+,17-,18-,19?,20?/m1/s1. The van der Waals surface area contributed by atoms with Gasteiger partial charge in [-0.05, 0) is 6.42 Å². The zero-order valence-corrected chi connectivity index (χ0v) is 17.9. The Balaban J connectivity index is 2.00. The fraction of sp³-hybridized carbons (Fsp3) is 1.00. The number of aliphatic hydroxyl groups is 7. The highest BCUT2D eigenvalue weighted by Gasteiger charge is 2.50. The first-order valence-corrected chi connectivity index (χ1v) is 11.1. The molecule has 0 aromatic heterocycles. The molecular formula is C20H38O11. The summed E-state index contributed by atoms with van der Waals surface area (Å²) in [6.45, 7) is 1.23. The predicted octanol–water partition coefficient (Wildman–Crippen LogP) is -2.01. The van der Waals surface area contributed by atoms with Crippen LogP contribution < -0.4 is 0 Å². The molecule has 0 spiro atoms. The smallest absolute Gasteiger partial charge is 0.187 e. The van der Waals surface area contributed by atoms with Crippen LogP contribution in [0.3, 0.4) is 0 Å². The van der Waals surface area contributed by atoms with E-state index >= 15 is 0 Å². The molecule has 31 heavy (non-hydrogen) atoms. The topological polar surface area (TPSA) is 179 Å². The third-order valence-corrected chi connectivity index (χ3v) is 5.74. The largest absolute Gasteiger partial charge is 0.394 e. The molecule has 2 heterocycles. The molecule has 2 aliphatic rings. The van der Waals surface area contributed by atoms with Gasteiger partial charge in [0.05, 0.1) is 13.2 Å². The number of hydrogen-bond donors (Lipinski definition) is 7. The highest BCUT2D eigenvalue weighted by atomic mass is 16.8. The van der Waals surface area contributed by atoms with Gasteiger partial charge in [0.25, 0.3) is 0 Å². The quantitative estimate of drug-likeness (QED) is 0.162. The lowest BCUT2D eigenvalue weighted by Gasteiger charge is -2.45. The Hall–Kier alpha value is -0.440. The summed E-state index contributed by atoms with van der Waals surface area (Å²) < 4.78 is 22.2. The van der Waals surface area contributed by atoms with Crippen molar-refractivity contribution in [3.8, 4) is 0 Å². The zero-order valence-electron chi connectivity index (χ0n) is 17.9. The maximum absolute atomic E-state index is 10.5. The van der Waals surface area contributed by atoms with E-state index in [9.17, 15) is 35.7 Å². The third-order valence-electron chi connectivity index (χ3n) is 5.74. The van der Waals surface area contributed by atoms with E-state index in [0.717, 1.165) is 32.1 Å². The van der Waals surface area contributed by atoms with Crippen LogP contribution in [0.1, 0.15) is 45.4 Å². The molecule has 2 aliphatic heterocycles. The van der Waals surface area contributed by atoms with Crippen molar-refractivity contribution < 1.29 is 54.7 Å². The molecule has 10 atom stereocenters. The van der Waals surface area contributed by atoms with E-state index in [1.165, 1.54) is 6.42 Å². The molecule has 2 rings (SSSR count).